The summed E-state index contributed by atoms with van der Waals surface area (Å²) < 4.78 is 2.06. The Labute approximate surface area is 159 Å². The normalized spacial score (nSPS) is 14.8. The van der Waals surface area contributed by atoms with Crippen LogP contribution in [0.3, 0.4) is 0 Å². The second-order valence-corrected chi connectivity index (χ2v) is 7.54. The Bertz CT molecular complexity index is 982. The van der Waals surface area contributed by atoms with E-state index in [0.29, 0.717) is 21.8 Å². The Balaban J connectivity index is 1.86. The average molecular weight is 387 g/mol. The van der Waals surface area contributed by atoms with Gasteiger partial charge in [-0.3, -0.25) is 9.36 Å². The number of benzene rings is 1. The molecule has 0 aliphatic carbocycles. The van der Waals surface area contributed by atoms with Crippen LogP contribution in [0.25, 0.3) is 6.08 Å². The van der Waals surface area contributed by atoms with Gasteiger partial charge in [-0.2, -0.15) is 5.10 Å². The fourth-order valence-electron chi connectivity index (χ4n) is 2.54. The summed E-state index contributed by atoms with van der Waals surface area (Å²) in [5.74, 6) is -0.823. The number of thiazole rings is 1. The van der Waals surface area contributed by atoms with Gasteiger partial charge in [0.15, 0.2) is 3.95 Å². The molecule has 0 radical (unpaired) electrons. The van der Waals surface area contributed by atoms with E-state index < -0.39 is 5.97 Å². The zero-order valence-corrected chi connectivity index (χ0v) is 15.7. The quantitative estimate of drug-likeness (QED) is 0.733. The lowest BCUT2D eigenvalue weighted by molar-refractivity contribution is -0.137. The number of nitrogens with zero attached hydrogens (tertiary/aromatic N) is 3. The van der Waals surface area contributed by atoms with Gasteiger partial charge in [0.25, 0.3) is 0 Å². The van der Waals surface area contributed by atoms with Crippen LogP contribution in [0.4, 0.5) is 0 Å². The summed E-state index contributed by atoms with van der Waals surface area (Å²) in [7, 11) is 0. The number of aryl methyl sites for hydroxylation is 1. The number of rotatable bonds is 6. The third-order valence-corrected chi connectivity index (χ3v) is 5.29. The maximum atomic E-state index is 10.7. The number of carbonyl (C=O) groups is 1. The first-order chi connectivity index (χ1) is 12.5. The van der Waals surface area contributed by atoms with E-state index in [-0.39, 0.29) is 12.3 Å². The molecule has 6 nitrogen and oxygen atoms in total. The minimum absolute atomic E-state index is 0.0321. The summed E-state index contributed by atoms with van der Waals surface area (Å²) in [5, 5.41) is 27.4. The third kappa shape index (κ3) is 3.97. The molecule has 1 aromatic heterocycles. The first-order valence-electron chi connectivity index (χ1n) is 8.00. The van der Waals surface area contributed by atoms with E-state index >= 15 is 0 Å². The van der Waals surface area contributed by atoms with Crippen molar-refractivity contribution in [2.24, 2.45) is 10.2 Å². The zero-order valence-electron chi connectivity index (χ0n) is 14.0. The summed E-state index contributed by atoms with van der Waals surface area (Å²) in [4.78, 5) is 11.3. The lowest BCUT2D eigenvalue weighted by Gasteiger charge is -2.04. The number of aromatic hydroxyl groups is 1. The fraction of sp³-hybridized carbons (Fsp3) is 0.222. The predicted molar refractivity (Wildman–Crippen MR) is 106 cm³/mol. The number of aliphatic carboxylic acids is 1. The topological polar surface area (TPSA) is 87.2 Å². The summed E-state index contributed by atoms with van der Waals surface area (Å²) in [6.45, 7) is 2.38. The first kappa shape index (κ1) is 18.2. The van der Waals surface area contributed by atoms with Gasteiger partial charge in [0.1, 0.15) is 5.71 Å². The number of carboxylic acid groups (broad SMARTS) is 1. The highest BCUT2D eigenvalue weighted by atomic mass is 32.1. The van der Waals surface area contributed by atoms with Crippen LogP contribution in [-0.4, -0.2) is 32.7 Å². The van der Waals surface area contributed by atoms with E-state index in [1.54, 1.807) is 16.9 Å². The van der Waals surface area contributed by atoms with Gasteiger partial charge in [0.2, 0.25) is 5.88 Å². The second-order valence-electron chi connectivity index (χ2n) is 5.86. The summed E-state index contributed by atoms with van der Waals surface area (Å²) >= 11 is 6.57. The summed E-state index contributed by atoms with van der Waals surface area (Å²) in [6, 6.07) is 7.98. The highest BCUT2D eigenvalue weighted by Crippen LogP contribution is 2.30. The van der Waals surface area contributed by atoms with Crippen molar-refractivity contribution in [3.63, 3.8) is 0 Å². The minimum Gasteiger partial charge on any atom is -0.493 e. The monoisotopic (exact) mass is 387 g/mol. The molecular formula is C18H17N3O3S2. The van der Waals surface area contributed by atoms with Crippen molar-refractivity contribution in [2.75, 3.05) is 0 Å². The van der Waals surface area contributed by atoms with Crippen LogP contribution in [0, 0.1) is 10.9 Å². The lowest BCUT2D eigenvalue weighted by Crippen LogP contribution is -2.03. The Morgan fingerprint density at radius 2 is 2.08 bits per heavy atom. The summed E-state index contributed by atoms with van der Waals surface area (Å²) in [5.41, 5.74) is 3.63. The molecule has 3 rings (SSSR count). The molecule has 26 heavy (non-hydrogen) atoms. The molecule has 0 saturated carbocycles. The van der Waals surface area contributed by atoms with E-state index in [1.165, 1.54) is 11.3 Å². The molecule has 2 N–H and O–H groups in total. The standard InChI is InChI=1S/C18H17N3O3S2/c1-11-4-6-12(7-5-11)16-13(10-19-20-16)9-14-17(24)21(18(25)26-14)8-2-3-15(22)23/h4-7,9-10,24H,2-3,8H2,1H3,(H,22,23). The molecule has 1 aromatic carbocycles. The molecule has 8 heteroatoms. The van der Waals surface area contributed by atoms with Gasteiger partial charge in [-0.05, 0) is 31.6 Å². The van der Waals surface area contributed by atoms with Gasteiger partial charge >= 0.3 is 5.97 Å². The molecule has 0 amide bonds. The van der Waals surface area contributed by atoms with Crippen LogP contribution in [0.1, 0.15) is 28.8 Å². The summed E-state index contributed by atoms with van der Waals surface area (Å²) in [6.07, 6.45) is 3.89. The van der Waals surface area contributed by atoms with Gasteiger partial charge in [-0.25, -0.2) is 0 Å². The first-order valence-corrected chi connectivity index (χ1v) is 9.22. The zero-order chi connectivity index (χ0) is 18.7. The van der Waals surface area contributed by atoms with Crippen molar-refractivity contribution in [3.8, 4) is 5.88 Å². The molecule has 134 valence electrons. The Hall–Kier alpha value is -2.58. The molecule has 0 bridgehead atoms. The number of hydrogen-bond donors (Lipinski definition) is 2. The van der Waals surface area contributed by atoms with Crippen LogP contribution < -0.4 is 0 Å². The van der Waals surface area contributed by atoms with Crippen molar-refractivity contribution in [1.82, 2.24) is 4.57 Å². The van der Waals surface area contributed by atoms with E-state index in [2.05, 4.69) is 10.2 Å². The molecule has 0 saturated heterocycles. The molecule has 2 heterocycles. The highest BCUT2D eigenvalue weighted by Gasteiger charge is 2.16. The van der Waals surface area contributed by atoms with Gasteiger partial charge < -0.3 is 10.2 Å². The Morgan fingerprint density at radius 3 is 2.77 bits per heavy atom. The SMILES string of the molecule is Cc1ccc(C2=NN=CC2=Cc2sc(=S)n(CCCC(=O)O)c2O)cc1. The molecular weight excluding hydrogens is 370 g/mol. The maximum absolute atomic E-state index is 10.7. The van der Waals surface area contributed by atoms with Crippen LogP contribution >= 0.6 is 23.6 Å². The molecule has 0 fully saturated rings. The molecule has 0 unspecified atom stereocenters. The van der Waals surface area contributed by atoms with E-state index in [1.807, 2.05) is 31.2 Å². The van der Waals surface area contributed by atoms with Gasteiger partial charge in [0, 0.05) is 24.1 Å². The average Bonchev–Trinajstić information content (AvgIpc) is 3.15. The van der Waals surface area contributed by atoms with Gasteiger partial charge in [-0.15, -0.1) is 16.4 Å². The van der Waals surface area contributed by atoms with E-state index in [4.69, 9.17) is 17.3 Å². The maximum Gasteiger partial charge on any atom is 0.303 e. The smallest absolute Gasteiger partial charge is 0.303 e. The number of allylic oxidation sites excluding steroid dienone is 1. The third-order valence-electron chi connectivity index (χ3n) is 3.91. The number of aromatic nitrogens is 1. The Morgan fingerprint density at radius 1 is 1.35 bits per heavy atom. The predicted octanol–water partition coefficient (Wildman–Crippen LogP) is 4.03. The van der Waals surface area contributed by atoms with Crippen molar-refractivity contribution in [2.45, 2.75) is 26.3 Å². The highest BCUT2D eigenvalue weighted by molar-refractivity contribution is 7.73. The van der Waals surface area contributed by atoms with Crippen molar-refractivity contribution >= 4 is 47.5 Å². The lowest BCUT2D eigenvalue weighted by atomic mass is 10.0. The van der Waals surface area contributed by atoms with E-state index in [9.17, 15) is 9.90 Å². The molecule has 2 aromatic rings. The van der Waals surface area contributed by atoms with E-state index in [0.717, 1.165) is 22.4 Å². The number of carboxylic acids is 1. The fourth-order valence-corrected chi connectivity index (χ4v) is 3.85. The minimum atomic E-state index is -0.866. The van der Waals surface area contributed by atoms with Crippen LogP contribution in [0.5, 0.6) is 5.88 Å². The molecule has 1 aliphatic heterocycles. The van der Waals surface area contributed by atoms with Crippen LogP contribution in [0.15, 0.2) is 40.0 Å². The molecule has 1 aliphatic rings. The van der Waals surface area contributed by atoms with Crippen molar-refractivity contribution < 1.29 is 15.0 Å². The molecule has 0 spiro atoms. The largest absolute Gasteiger partial charge is 0.493 e. The van der Waals surface area contributed by atoms with Gasteiger partial charge in [-0.1, -0.05) is 29.8 Å². The van der Waals surface area contributed by atoms with Gasteiger partial charge in [0.05, 0.1) is 11.1 Å². The second kappa shape index (κ2) is 7.76. The molecule has 0 atom stereocenters. The Kier molecular flexibility index (Phi) is 5.43. The number of hydrogen-bond acceptors (Lipinski definition) is 6. The van der Waals surface area contributed by atoms with Crippen LogP contribution in [-0.2, 0) is 11.3 Å². The van der Waals surface area contributed by atoms with Crippen molar-refractivity contribution in [1.29, 1.82) is 0 Å². The van der Waals surface area contributed by atoms with Crippen LogP contribution in [0.2, 0.25) is 0 Å². The van der Waals surface area contributed by atoms with Crippen molar-refractivity contribution in [3.05, 3.63) is 49.8 Å².